The van der Waals surface area contributed by atoms with Crippen LogP contribution in [0.5, 0.6) is 11.5 Å². The Morgan fingerprint density at radius 1 is 0.484 bits per heavy atom. The van der Waals surface area contributed by atoms with Crippen LogP contribution >= 0.6 is 0 Å². The van der Waals surface area contributed by atoms with Gasteiger partial charge >= 0.3 is 0 Å². The Morgan fingerprint density at radius 2 is 0.806 bits per heavy atom. The van der Waals surface area contributed by atoms with Gasteiger partial charge in [0, 0.05) is 0 Å². The average molecular weight is 427 g/mol. The molecule has 0 fully saturated rings. The van der Waals surface area contributed by atoms with E-state index < -0.39 is 0 Å². The molecule has 0 saturated heterocycles. The van der Waals surface area contributed by atoms with Crippen molar-refractivity contribution in [3.63, 3.8) is 0 Å². The molecule has 174 valence electrons. The smallest absolute Gasteiger partial charge is 0.125 e. The molecule has 0 bridgehead atoms. The molecule has 2 aromatic carbocycles. The summed E-state index contributed by atoms with van der Waals surface area (Å²) >= 11 is 0. The molecular formula is C29H46O2. The summed E-state index contributed by atoms with van der Waals surface area (Å²) in [6.07, 6.45) is 0. The van der Waals surface area contributed by atoms with Crippen LogP contribution in [0.3, 0.4) is 0 Å². The minimum Gasteiger partial charge on any atom is -0.496 e. The first-order valence-electron chi connectivity index (χ1n) is 11.8. The standard InChI is InChI=1S/C16H26O.C13H20O/c1-10(2)13-8-14(11(3)4)16(17-7)15(9-13)12(5)6;1-9(2)11-7-6-8-12(10(3)4)13(11)14-5/h8-12H,1-7H3;6-10H,1-5H3. The zero-order valence-electron chi connectivity index (χ0n) is 22.1. The lowest BCUT2D eigenvalue weighted by atomic mass is 9.88. The Kier molecular flexibility index (Phi) is 10.6. The molecule has 0 spiro atoms. The van der Waals surface area contributed by atoms with Crippen molar-refractivity contribution in [2.75, 3.05) is 14.2 Å². The molecular weight excluding hydrogens is 380 g/mol. The molecule has 2 heteroatoms. The van der Waals surface area contributed by atoms with Crippen LogP contribution in [0.15, 0.2) is 30.3 Å². The van der Waals surface area contributed by atoms with Gasteiger partial charge in [0.25, 0.3) is 0 Å². The van der Waals surface area contributed by atoms with Gasteiger partial charge in [-0.05, 0) is 57.4 Å². The molecule has 0 radical (unpaired) electrons. The number of ether oxygens (including phenoxy) is 2. The Morgan fingerprint density at radius 3 is 1.06 bits per heavy atom. The van der Waals surface area contributed by atoms with Crippen molar-refractivity contribution in [3.05, 3.63) is 58.1 Å². The van der Waals surface area contributed by atoms with Crippen LogP contribution in [-0.4, -0.2) is 14.2 Å². The maximum atomic E-state index is 5.63. The molecule has 0 aliphatic rings. The van der Waals surface area contributed by atoms with Crippen LogP contribution in [0.1, 0.15) is 127 Å². The number of benzene rings is 2. The van der Waals surface area contributed by atoms with Crippen LogP contribution in [0, 0.1) is 0 Å². The predicted octanol–water partition coefficient (Wildman–Crippen LogP) is 9.01. The molecule has 0 N–H and O–H groups in total. The number of rotatable bonds is 7. The molecule has 2 nitrogen and oxygen atoms in total. The first-order valence-corrected chi connectivity index (χ1v) is 11.8. The summed E-state index contributed by atoms with van der Waals surface area (Å²) in [7, 11) is 3.54. The molecule has 0 unspecified atom stereocenters. The summed E-state index contributed by atoms with van der Waals surface area (Å²) in [4.78, 5) is 0. The number of hydrogen-bond acceptors (Lipinski definition) is 2. The second-order valence-electron chi connectivity index (χ2n) is 9.98. The summed E-state index contributed by atoms with van der Waals surface area (Å²) in [6.45, 7) is 22.2. The SMILES string of the molecule is COc1c(C(C)C)cc(C(C)C)cc1C(C)C.COc1c(C(C)C)cccc1C(C)C. The van der Waals surface area contributed by atoms with E-state index in [1.54, 1.807) is 14.2 Å². The van der Waals surface area contributed by atoms with E-state index in [9.17, 15) is 0 Å². The topological polar surface area (TPSA) is 18.5 Å². The summed E-state index contributed by atoms with van der Waals surface area (Å²) < 4.78 is 11.1. The Bertz CT molecular complexity index is 758. The van der Waals surface area contributed by atoms with Gasteiger partial charge in [-0.2, -0.15) is 0 Å². The largest absolute Gasteiger partial charge is 0.496 e. The normalized spacial score (nSPS) is 11.4. The van der Waals surface area contributed by atoms with Crippen molar-refractivity contribution in [3.8, 4) is 11.5 Å². The van der Waals surface area contributed by atoms with Crippen molar-refractivity contribution in [1.29, 1.82) is 0 Å². The highest BCUT2D eigenvalue weighted by atomic mass is 16.5. The maximum Gasteiger partial charge on any atom is 0.125 e. The highest BCUT2D eigenvalue weighted by Gasteiger charge is 2.17. The van der Waals surface area contributed by atoms with Crippen LogP contribution < -0.4 is 9.47 Å². The molecule has 31 heavy (non-hydrogen) atoms. The van der Waals surface area contributed by atoms with Gasteiger partial charge < -0.3 is 9.47 Å². The highest BCUT2D eigenvalue weighted by Crippen LogP contribution is 2.37. The van der Waals surface area contributed by atoms with Gasteiger partial charge in [0.1, 0.15) is 11.5 Å². The lowest BCUT2D eigenvalue weighted by Crippen LogP contribution is -2.03. The fourth-order valence-corrected chi connectivity index (χ4v) is 3.84. The molecule has 0 aromatic heterocycles. The molecule has 0 aliphatic carbocycles. The lowest BCUT2D eigenvalue weighted by molar-refractivity contribution is 0.400. The molecule has 0 amide bonds. The molecule has 2 aromatic rings. The zero-order valence-corrected chi connectivity index (χ0v) is 22.1. The fourth-order valence-electron chi connectivity index (χ4n) is 3.84. The van der Waals surface area contributed by atoms with Crippen molar-refractivity contribution in [2.45, 2.75) is 98.8 Å². The maximum absolute atomic E-state index is 5.63. The highest BCUT2D eigenvalue weighted by molar-refractivity contribution is 5.48. The van der Waals surface area contributed by atoms with Gasteiger partial charge in [-0.15, -0.1) is 0 Å². The first kappa shape index (κ1) is 27.1. The minimum atomic E-state index is 0.501. The van der Waals surface area contributed by atoms with Crippen molar-refractivity contribution in [2.24, 2.45) is 0 Å². The third-order valence-electron chi connectivity index (χ3n) is 5.81. The number of para-hydroxylation sites is 1. The summed E-state index contributed by atoms with van der Waals surface area (Å²) in [6, 6.07) is 11.0. The molecule has 0 saturated carbocycles. The number of methoxy groups -OCH3 is 2. The van der Waals surface area contributed by atoms with E-state index in [1.165, 1.54) is 27.8 Å². The van der Waals surface area contributed by atoms with E-state index in [0.29, 0.717) is 29.6 Å². The van der Waals surface area contributed by atoms with Crippen LogP contribution in [0.2, 0.25) is 0 Å². The van der Waals surface area contributed by atoms with Gasteiger partial charge in [0.05, 0.1) is 14.2 Å². The summed E-state index contributed by atoms with van der Waals surface area (Å²) in [5.41, 5.74) is 6.69. The minimum absolute atomic E-state index is 0.501. The second-order valence-corrected chi connectivity index (χ2v) is 9.98. The van der Waals surface area contributed by atoms with Crippen molar-refractivity contribution >= 4 is 0 Å². The van der Waals surface area contributed by atoms with Gasteiger partial charge in [-0.25, -0.2) is 0 Å². The van der Waals surface area contributed by atoms with Gasteiger partial charge in [0.2, 0.25) is 0 Å². The monoisotopic (exact) mass is 426 g/mol. The lowest BCUT2D eigenvalue weighted by Gasteiger charge is -2.21. The van der Waals surface area contributed by atoms with Crippen LogP contribution in [0.4, 0.5) is 0 Å². The van der Waals surface area contributed by atoms with Crippen molar-refractivity contribution < 1.29 is 9.47 Å². The fraction of sp³-hybridized carbons (Fsp3) is 0.586. The average Bonchev–Trinajstić information content (AvgIpc) is 2.71. The van der Waals surface area contributed by atoms with Crippen molar-refractivity contribution in [1.82, 2.24) is 0 Å². The van der Waals surface area contributed by atoms with E-state index in [2.05, 4.69) is 99.6 Å². The number of hydrogen-bond donors (Lipinski definition) is 0. The summed E-state index contributed by atoms with van der Waals surface area (Å²) in [5, 5.41) is 0. The molecule has 2 rings (SSSR count). The van der Waals surface area contributed by atoms with E-state index in [-0.39, 0.29) is 0 Å². The van der Waals surface area contributed by atoms with E-state index >= 15 is 0 Å². The third-order valence-corrected chi connectivity index (χ3v) is 5.81. The van der Waals surface area contributed by atoms with Gasteiger partial charge in [0.15, 0.2) is 0 Å². The predicted molar refractivity (Wildman–Crippen MR) is 136 cm³/mol. The molecule has 0 atom stereocenters. The third kappa shape index (κ3) is 7.02. The molecule has 0 heterocycles. The first-order chi connectivity index (χ1) is 14.5. The van der Waals surface area contributed by atoms with E-state index in [0.717, 1.165) is 11.5 Å². The van der Waals surface area contributed by atoms with Crippen LogP contribution in [-0.2, 0) is 0 Å². The van der Waals surface area contributed by atoms with Gasteiger partial charge in [-0.1, -0.05) is 99.6 Å². The van der Waals surface area contributed by atoms with E-state index in [1.807, 2.05) is 0 Å². The van der Waals surface area contributed by atoms with Crippen LogP contribution in [0.25, 0.3) is 0 Å². The second kappa shape index (κ2) is 12.2. The van der Waals surface area contributed by atoms with Gasteiger partial charge in [-0.3, -0.25) is 0 Å². The molecule has 0 aliphatic heterocycles. The van der Waals surface area contributed by atoms with E-state index in [4.69, 9.17) is 9.47 Å². The Hall–Kier alpha value is -1.96. The quantitative estimate of drug-likeness (QED) is 0.439. The Labute approximate surface area is 192 Å². The Balaban J connectivity index is 0.000000316. The zero-order chi connectivity index (χ0) is 23.9. The summed E-state index contributed by atoms with van der Waals surface area (Å²) in [5.74, 6) is 4.75.